The first-order valence-corrected chi connectivity index (χ1v) is 7.61. The van der Waals surface area contributed by atoms with E-state index in [9.17, 15) is 9.59 Å². The molecule has 0 saturated carbocycles. The second kappa shape index (κ2) is 6.66. The van der Waals surface area contributed by atoms with Gasteiger partial charge in [-0.1, -0.05) is 17.7 Å². The molecular formula is C17H18N4O3. The van der Waals surface area contributed by atoms with Crippen molar-refractivity contribution in [2.24, 2.45) is 5.92 Å². The van der Waals surface area contributed by atoms with Crippen molar-refractivity contribution in [1.29, 1.82) is 0 Å². The Hall–Kier alpha value is -2.96. The highest BCUT2D eigenvalue weighted by atomic mass is 16.5. The molecule has 2 aromatic rings. The van der Waals surface area contributed by atoms with Gasteiger partial charge in [-0.3, -0.25) is 9.59 Å². The maximum Gasteiger partial charge on any atom is 0.316 e. The van der Waals surface area contributed by atoms with Gasteiger partial charge in [0.2, 0.25) is 11.8 Å². The second-order valence-corrected chi connectivity index (χ2v) is 5.69. The zero-order chi connectivity index (χ0) is 17.1. The van der Waals surface area contributed by atoms with Gasteiger partial charge in [0, 0.05) is 18.7 Å². The zero-order valence-electron chi connectivity index (χ0n) is 13.5. The van der Waals surface area contributed by atoms with Crippen molar-refractivity contribution in [2.75, 3.05) is 23.9 Å². The number of carbonyl (C=O) groups is 2. The van der Waals surface area contributed by atoms with Crippen LogP contribution in [0, 0.1) is 12.8 Å². The highest BCUT2D eigenvalue weighted by molar-refractivity contribution is 6.03. The number of anilines is 2. The topological polar surface area (TPSA) is 84.4 Å². The first-order valence-electron chi connectivity index (χ1n) is 7.61. The number of aryl methyl sites for hydroxylation is 1. The Morgan fingerprint density at radius 3 is 2.54 bits per heavy atom. The molecule has 1 fully saturated rings. The maximum absolute atomic E-state index is 12.4. The molecule has 3 rings (SSSR count). The molecular weight excluding hydrogens is 308 g/mol. The normalized spacial score (nSPS) is 17.0. The molecule has 1 aromatic carbocycles. The first-order chi connectivity index (χ1) is 11.6. The van der Waals surface area contributed by atoms with Gasteiger partial charge in [-0.15, -0.1) is 0 Å². The van der Waals surface area contributed by atoms with Gasteiger partial charge < -0.3 is 15.0 Å². The van der Waals surface area contributed by atoms with Crippen LogP contribution in [0.5, 0.6) is 6.01 Å². The number of methoxy groups -OCH3 is 1. The van der Waals surface area contributed by atoms with Crippen molar-refractivity contribution in [3.05, 3.63) is 42.2 Å². The summed E-state index contributed by atoms with van der Waals surface area (Å²) in [7, 11) is 1.47. The third-order valence-corrected chi connectivity index (χ3v) is 3.92. The minimum Gasteiger partial charge on any atom is -0.467 e. The van der Waals surface area contributed by atoms with Crippen LogP contribution in [0.15, 0.2) is 36.7 Å². The van der Waals surface area contributed by atoms with Gasteiger partial charge >= 0.3 is 6.01 Å². The number of benzene rings is 1. The quantitative estimate of drug-likeness (QED) is 0.926. The largest absolute Gasteiger partial charge is 0.467 e. The Kier molecular flexibility index (Phi) is 4.41. The van der Waals surface area contributed by atoms with Crippen LogP contribution in [-0.2, 0) is 9.59 Å². The predicted molar refractivity (Wildman–Crippen MR) is 88.9 cm³/mol. The fourth-order valence-corrected chi connectivity index (χ4v) is 2.59. The monoisotopic (exact) mass is 326 g/mol. The molecule has 2 amide bonds. The molecule has 1 aliphatic heterocycles. The molecule has 1 aliphatic rings. The summed E-state index contributed by atoms with van der Waals surface area (Å²) in [5, 5.41) is 2.74. The van der Waals surface area contributed by atoms with Crippen LogP contribution in [0.1, 0.15) is 12.0 Å². The lowest BCUT2D eigenvalue weighted by molar-refractivity contribution is -0.122. The van der Waals surface area contributed by atoms with Gasteiger partial charge in [0.05, 0.1) is 31.1 Å². The number of nitrogens with one attached hydrogen (secondary N) is 1. The van der Waals surface area contributed by atoms with Crippen LogP contribution in [0.2, 0.25) is 0 Å². The average Bonchev–Trinajstić information content (AvgIpc) is 2.98. The summed E-state index contributed by atoms with van der Waals surface area (Å²) >= 11 is 0. The molecule has 1 atom stereocenters. The summed E-state index contributed by atoms with van der Waals surface area (Å²) in [6, 6.07) is 7.92. The average molecular weight is 326 g/mol. The van der Waals surface area contributed by atoms with Crippen molar-refractivity contribution in [3.8, 4) is 6.01 Å². The predicted octanol–water partition coefficient (Wildman–Crippen LogP) is 1.79. The molecule has 24 heavy (non-hydrogen) atoms. The molecule has 7 nitrogen and oxygen atoms in total. The molecule has 7 heteroatoms. The van der Waals surface area contributed by atoms with Gasteiger partial charge in [0.1, 0.15) is 0 Å². The van der Waals surface area contributed by atoms with E-state index in [-0.39, 0.29) is 24.2 Å². The Balaban J connectivity index is 1.66. The lowest BCUT2D eigenvalue weighted by Crippen LogP contribution is -2.28. The molecule has 2 heterocycles. The second-order valence-electron chi connectivity index (χ2n) is 5.69. The van der Waals surface area contributed by atoms with Crippen molar-refractivity contribution in [3.63, 3.8) is 0 Å². The minimum absolute atomic E-state index is 0.0509. The van der Waals surface area contributed by atoms with E-state index in [1.54, 1.807) is 4.90 Å². The van der Waals surface area contributed by atoms with E-state index >= 15 is 0 Å². The molecule has 124 valence electrons. The van der Waals surface area contributed by atoms with E-state index in [2.05, 4.69) is 15.3 Å². The highest BCUT2D eigenvalue weighted by Gasteiger charge is 2.35. The molecule has 1 N–H and O–H groups in total. The summed E-state index contributed by atoms with van der Waals surface area (Å²) in [6.45, 7) is 2.35. The SMILES string of the molecule is COc1ncc(NC(=O)C2CC(=O)N(c3ccc(C)cc3)C2)cn1. The fraction of sp³-hybridized carbons (Fsp3) is 0.294. The number of aromatic nitrogens is 2. The lowest BCUT2D eigenvalue weighted by Gasteiger charge is -2.17. The van der Waals surface area contributed by atoms with Crippen molar-refractivity contribution in [2.45, 2.75) is 13.3 Å². The Labute approximate surface area is 139 Å². The Morgan fingerprint density at radius 2 is 1.92 bits per heavy atom. The third kappa shape index (κ3) is 3.34. The Morgan fingerprint density at radius 1 is 1.25 bits per heavy atom. The van der Waals surface area contributed by atoms with Crippen molar-refractivity contribution >= 4 is 23.2 Å². The van der Waals surface area contributed by atoms with Crippen LogP contribution >= 0.6 is 0 Å². The highest BCUT2D eigenvalue weighted by Crippen LogP contribution is 2.26. The smallest absolute Gasteiger partial charge is 0.316 e. The van der Waals surface area contributed by atoms with Crippen LogP contribution in [0.4, 0.5) is 11.4 Å². The number of hydrogen-bond acceptors (Lipinski definition) is 5. The number of ether oxygens (including phenoxy) is 1. The van der Waals surface area contributed by atoms with Crippen molar-refractivity contribution < 1.29 is 14.3 Å². The van der Waals surface area contributed by atoms with Crippen LogP contribution in [0.3, 0.4) is 0 Å². The third-order valence-electron chi connectivity index (χ3n) is 3.92. The van der Waals surface area contributed by atoms with Gasteiger partial charge in [0.15, 0.2) is 0 Å². The molecule has 0 radical (unpaired) electrons. The van der Waals surface area contributed by atoms with Crippen LogP contribution < -0.4 is 15.0 Å². The molecule has 1 saturated heterocycles. The van der Waals surface area contributed by atoms with Crippen LogP contribution in [-0.4, -0.2) is 35.4 Å². The molecule has 0 spiro atoms. The van der Waals surface area contributed by atoms with E-state index in [0.29, 0.717) is 12.2 Å². The zero-order valence-corrected chi connectivity index (χ0v) is 13.5. The molecule has 0 aliphatic carbocycles. The standard InChI is InChI=1S/C17H18N4O3/c1-11-3-5-14(6-4-11)21-10-12(7-15(21)22)16(23)20-13-8-18-17(24-2)19-9-13/h3-6,8-9,12H,7,10H2,1-2H3,(H,20,23). The molecule has 0 bridgehead atoms. The van der Waals surface area contributed by atoms with Gasteiger partial charge in [0.25, 0.3) is 0 Å². The van der Waals surface area contributed by atoms with E-state index in [4.69, 9.17) is 4.74 Å². The van der Waals surface area contributed by atoms with E-state index in [1.807, 2.05) is 31.2 Å². The van der Waals surface area contributed by atoms with Gasteiger partial charge in [-0.25, -0.2) is 9.97 Å². The van der Waals surface area contributed by atoms with Crippen molar-refractivity contribution in [1.82, 2.24) is 9.97 Å². The number of nitrogens with zero attached hydrogens (tertiary/aromatic N) is 3. The number of amides is 2. The lowest BCUT2D eigenvalue weighted by atomic mass is 10.1. The number of carbonyl (C=O) groups excluding carboxylic acids is 2. The van der Waals surface area contributed by atoms with Crippen LogP contribution in [0.25, 0.3) is 0 Å². The molecule has 1 aromatic heterocycles. The summed E-state index contributed by atoms with van der Waals surface area (Å²) in [4.78, 5) is 34.1. The number of rotatable bonds is 4. The summed E-state index contributed by atoms with van der Waals surface area (Å²) in [6.07, 6.45) is 3.13. The minimum atomic E-state index is -0.402. The van der Waals surface area contributed by atoms with E-state index in [1.165, 1.54) is 19.5 Å². The maximum atomic E-state index is 12.4. The molecule has 1 unspecified atom stereocenters. The van der Waals surface area contributed by atoms with Gasteiger partial charge in [-0.05, 0) is 19.1 Å². The Bertz CT molecular complexity index is 743. The fourth-order valence-electron chi connectivity index (χ4n) is 2.59. The summed E-state index contributed by atoms with van der Waals surface area (Å²) < 4.78 is 4.87. The number of hydrogen-bond donors (Lipinski definition) is 1. The van der Waals surface area contributed by atoms with E-state index < -0.39 is 5.92 Å². The summed E-state index contributed by atoms with van der Waals surface area (Å²) in [5.41, 5.74) is 2.41. The van der Waals surface area contributed by atoms with Gasteiger partial charge in [-0.2, -0.15) is 0 Å². The van der Waals surface area contributed by atoms with E-state index in [0.717, 1.165) is 11.3 Å². The summed E-state index contributed by atoms with van der Waals surface area (Å²) in [5.74, 6) is -0.669. The first kappa shape index (κ1) is 15.9.